The van der Waals surface area contributed by atoms with E-state index in [1.165, 1.54) is 0 Å². The highest BCUT2D eigenvalue weighted by molar-refractivity contribution is 6.42. The highest BCUT2D eigenvalue weighted by Crippen LogP contribution is 2.25. The molecule has 2 nitrogen and oxygen atoms in total. The first-order chi connectivity index (χ1) is 8.24. The Morgan fingerprint density at radius 3 is 2.33 bits per heavy atom. The molecule has 1 atom stereocenters. The molecule has 0 aliphatic heterocycles. The molecule has 0 aromatic heterocycles. The predicted octanol–water partition coefficient (Wildman–Crippen LogP) is 3.98. The second kappa shape index (κ2) is 6.25. The zero-order valence-corrected chi connectivity index (χ0v) is 13.2. The molecule has 0 aliphatic rings. The topological polar surface area (TPSA) is 15.3 Å². The fourth-order valence-corrected chi connectivity index (χ4v) is 1.77. The number of benzene rings is 1. The standard InChI is InChI=1S/C14H22Cl2N2/c1-10(17-9-14(2,3)18(4)5)11-6-7-12(15)13(16)8-11/h6-8,10,17H,9H2,1-5H3. The van der Waals surface area contributed by atoms with Gasteiger partial charge in [-0.1, -0.05) is 29.3 Å². The van der Waals surface area contributed by atoms with Crippen molar-refractivity contribution in [2.45, 2.75) is 32.4 Å². The summed E-state index contributed by atoms with van der Waals surface area (Å²) < 4.78 is 0. The third-order valence-corrected chi connectivity index (χ3v) is 4.23. The molecule has 0 bridgehead atoms. The van der Waals surface area contributed by atoms with Gasteiger partial charge in [-0.15, -0.1) is 0 Å². The van der Waals surface area contributed by atoms with Crippen LogP contribution >= 0.6 is 23.2 Å². The van der Waals surface area contributed by atoms with Gasteiger partial charge in [0.2, 0.25) is 0 Å². The number of rotatable bonds is 5. The molecular formula is C14H22Cl2N2. The molecule has 1 N–H and O–H groups in total. The molecule has 1 rings (SSSR count). The molecule has 1 aromatic rings. The van der Waals surface area contributed by atoms with Gasteiger partial charge in [0, 0.05) is 18.1 Å². The van der Waals surface area contributed by atoms with Gasteiger partial charge >= 0.3 is 0 Å². The van der Waals surface area contributed by atoms with E-state index in [0.29, 0.717) is 10.0 Å². The molecule has 0 amide bonds. The Hall–Kier alpha value is -0.280. The number of likely N-dealkylation sites (N-methyl/N-ethyl adjacent to an activating group) is 1. The monoisotopic (exact) mass is 288 g/mol. The van der Waals surface area contributed by atoms with Crippen LogP contribution in [0.25, 0.3) is 0 Å². The Morgan fingerprint density at radius 2 is 1.83 bits per heavy atom. The van der Waals surface area contributed by atoms with Gasteiger partial charge in [-0.25, -0.2) is 0 Å². The number of hydrogen-bond acceptors (Lipinski definition) is 2. The van der Waals surface area contributed by atoms with E-state index in [0.717, 1.165) is 12.1 Å². The van der Waals surface area contributed by atoms with Gasteiger partial charge in [-0.05, 0) is 52.6 Å². The summed E-state index contributed by atoms with van der Waals surface area (Å²) in [6.07, 6.45) is 0. The molecule has 0 radical (unpaired) electrons. The maximum absolute atomic E-state index is 6.03. The molecule has 0 heterocycles. The minimum Gasteiger partial charge on any atom is -0.308 e. The maximum atomic E-state index is 6.03. The third-order valence-electron chi connectivity index (χ3n) is 3.50. The second-order valence-corrected chi connectivity index (χ2v) is 6.30. The Labute approximate surface area is 120 Å². The minimum atomic E-state index is 0.116. The lowest BCUT2D eigenvalue weighted by Crippen LogP contribution is -2.47. The first-order valence-corrected chi connectivity index (χ1v) is 6.85. The fourth-order valence-electron chi connectivity index (χ4n) is 1.46. The number of nitrogens with one attached hydrogen (secondary N) is 1. The van der Waals surface area contributed by atoms with E-state index < -0.39 is 0 Å². The Morgan fingerprint density at radius 1 is 1.22 bits per heavy atom. The van der Waals surface area contributed by atoms with Gasteiger partial charge in [0.1, 0.15) is 0 Å². The summed E-state index contributed by atoms with van der Waals surface area (Å²) in [4.78, 5) is 2.21. The molecule has 18 heavy (non-hydrogen) atoms. The van der Waals surface area contributed by atoms with Crippen LogP contribution in [0.1, 0.15) is 32.4 Å². The van der Waals surface area contributed by atoms with Crippen molar-refractivity contribution in [2.75, 3.05) is 20.6 Å². The molecule has 102 valence electrons. The van der Waals surface area contributed by atoms with E-state index in [1.807, 2.05) is 18.2 Å². The van der Waals surface area contributed by atoms with E-state index in [4.69, 9.17) is 23.2 Å². The molecule has 4 heteroatoms. The van der Waals surface area contributed by atoms with Crippen molar-refractivity contribution in [1.29, 1.82) is 0 Å². The van der Waals surface area contributed by atoms with Crippen LogP contribution in [0.3, 0.4) is 0 Å². The van der Waals surface area contributed by atoms with Crippen LogP contribution < -0.4 is 5.32 Å². The van der Waals surface area contributed by atoms with Gasteiger partial charge in [0.25, 0.3) is 0 Å². The van der Waals surface area contributed by atoms with Gasteiger partial charge in [-0.3, -0.25) is 0 Å². The number of halogens is 2. The van der Waals surface area contributed by atoms with Crippen LogP contribution in [0.5, 0.6) is 0 Å². The normalized spacial score (nSPS) is 14.0. The summed E-state index contributed by atoms with van der Waals surface area (Å²) in [6, 6.07) is 6.02. The summed E-state index contributed by atoms with van der Waals surface area (Å²) in [5.74, 6) is 0. The summed E-state index contributed by atoms with van der Waals surface area (Å²) in [7, 11) is 4.18. The molecule has 1 aromatic carbocycles. The van der Waals surface area contributed by atoms with E-state index >= 15 is 0 Å². The van der Waals surface area contributed by atoms with Gasteiger partial charge in [0.05, 0.1) is 10.0 Å². The molecule has 0 saturated carbocycles. The van der Waals surface area contributed by atoms with Crippen molar-refractivity contribution in [1.82, 2.24) is 10.2 Å². The van der Waals surface area contributed by atoms with Crippen LogP contribution in [0.15, 0.2) is 18.2 Å². The summed E-state index contributed by atoms with van der Waals surface area (Å²) in [5.41, 5.74) is 1.27. The van der Waals surface area contributed by atoms with Crippen molar-refractivity contribution < 1.29 is 0 Å². The lowest BCUT2D eigenvalue weighted by atomic mass is 10.0. The van der Waals surface area contributed by atoms with Crippen LogP contribution in [0, 0.1) is 0 Å². The number of nitrogens with zero attached hydrogens (tertiary/aromatic N) is 1. The van der Waals surface area contributed by atoms with Crippen LogP contribution in [-0.4, -0.2) is 31.1 Å². The largest absolute Gasteiger partial charge is 0.308 e. The molecule has 0 saturated heterocycles. The minimum absolute atomic E-state index is 0.116. The first kappa shape index (κ1) is 15.8. The van der Waals surface area contributed by atoms with Gasteiger partial charge in [0.15, 0.2) is 0 Å². The summed E-state index contributed by atoms with van der Waals surface area (Å²) in [6.45, 7) is 7.45. The second-order valence-electron chi connectivity index (χ2n) is 5.48. The highest BCUT2D eigenvalue weighted by Gasteiger charge is 2.21. The van der Waals surface area contributed by atoms with Crippen molar-refractivity contribution in [3.63, 3.8) is 0 Å². The molecule has 0 spiro atoms. The fraction of sp³-hybridized carbons (Fsp3) is 0.571. The predicted molar refractivity (Wildman–Crippen MR) is 80.6 cm³/mol. The Balaban J connectivity index is 2.66. The first-order valence-electron chi connectivity index (χ1n) is 6.10. The van der Waals surface area contributed by atoms with E-state index in [2.05, 4.69) is 45.1 Å². The SMILES string of the molecule is CC(NCC(C)(C)N(C)C)c1ccc(Cl)c(Cl)c1. The Kier molecular flexibility index (Phi) is 5.47. The van der Waals surface area contributed by atoms with Crippen molar-refractivity contribution >= 4 is 23.2 Å². The summed E-state index contributed by atoms with van der Waals surface area (Å²) >= 11 is 11.9. The van der Waals surface area contributed by atoms with Crippen LogP contribution in [-0.2, 0) is 0 Å². The molecule has 1 unspecified atom stereocenters. The highest BCUT2D eigenvalue weighted by atomic mass is 35.5. The van der Waals surface area contributed by atoms with Crippen molar-refractivity contribution in [3.05, 3.63) is 33.8 Å². The smallest absolute Gasteiger partial charge is 0.0595 e. The average Bonchev–Trinajstić information content (AvgIpc) is 2.29. The molecule has 0 fully saturated rings. The van der Waals surface area contributed by atoms with Crippen LogP contribution in [0.2, 0.25) is 10.0 Å². The van der Waals surface area contributed by atoms with E-state index in [9.17, 15) is 0 Å². The molecular weight excluding hydrogens is 267 g/mol. The van der Waals surface area contributed by atoms with Gasteiger partial charge in [-0.2, -0.15) is 0 Å². The lowest BCUT2D eigenvalue weighted by molar-refractivity contribution is 0.185. The number of hydrogen-bond donors (Lipinski definition) is 1. The lowest BCUT2D eigenvalue weighted by Gasteiger charge is -2.34. The molecule has 0 aliphatic carbocycles. The maximum Gasteiger partial charge on any atom is 0.0595 e. The van der Waals surface area contributed by atoms with Crippen molar-refractivity contribution in [3.8, 4) is 0 Å². The zero-order valence-electron chi connectivity index (χ0n) is 11.7. The van der Waals surface area contributed by atoms with Crippen molar-refractivity contribution in [2.24, 2.45) is 0 Å². The summed E-state index contributed by atoms with van der Waals surface area (Å²) in [5, 5.41) is 4.73. The van der Waals surface area contributed by atoms with Gasteiger partial charge < -0.3 is 10.2 Å². The third kappa shape index (κ3) is 4.13. The van der Waals surface area contributed by atoms with E-state index in [1.54, 1.807) is 0 Å². The quantitative estimate of drug-likeness (QED) is 0.882. The van der Waals surface area contributed by atoms with Crippen LogP contribution in [0.4, 0.5) is 0 Å². The average molecular weight is 289 g/mol. The Bertz CT molecular complexity index is 403. The van der Waals surface area contributed by atoms with E-state index in [-0.39, 0.29) is 11.6 Å². The zero-order chi connectivity index (χ0) is 13.9.